The molecule has 2 aromatic rings. The minimum Gasteiger partial charge on any atom is -0.355 e. The first-order chi connectivity index (χ1) is 8.70. The molecule has 0 amide bonds. The molecule has 1 aromatic heterocycles. The molecule has 0 saturated carbocycles. The molecule has 0 bridgehead atoms. The molecule has 1 aromatic carbocycles. The van der Waals surface area contributed by atoms with Crippen LogP contribution in [0, 0.1) is 5.82 Å². The van der Waals surface area contributed by atoms with Crippen molar-refractivity contribution in [3.63, 3.8) is 0 Å². The Kier molecular flexibility index (Phi) is 4.15. The summed E-state index contributed by atoms with van der Waals surface area (Å²) in [6.45, 7) is 0.484. The number of rotatable bonds is 4. The number of nitrogens with zero attached hydrogens (tertiary/aromatic N) is 3. The molecule has 0 fully saturated rings. The Morgan fingerprint density at radius 3 is 2.78 bits per heavy atom. The first kappa shape index (κ1) is 12.8. The van der Waals surface area contributed by atoms with Crippen LogP contribution < -0.4 is 4.90 Å². The van der Waals surface area contributed by atoms with Gasteiger partial charge in [0.1, 0.15) is 11.6 Å². The quantitative estimate of drug-likeness (QED) is 0.626. The molecular weight excluding hydrogens is 249 g/mol. The van der Waals surface area contributed by atoms with Gasteiger partial charge in [-0.05, 0) is 18.4 Å². The van der Waals surface area contributed by atoms with Crippen LogP contribution in [0.1, 0.15) is 5.56 Å². The van der Waals surface area contributed by atoms with E-state index < -0.39 is 0 Å². The van der Waals surface area contributed by atoms with Crippen molar-refractivity contribution in [2.45, 2.75) is 11.7 Å². The highest BCUT2D eigenvalue weighted by molar-refractivity contribution is 7.98. The van der Waals surface area contributed by atoms with Crippen LogP contribution in [0.25, 0.3) is 0 Å². The number of anilines is 1. The molecule has 94 valence electrons. The normalized spacial score (nSPS) is 10.4. The van der Waals surface area contributed by atoms with Gasteiger partial charge in [-0.1, -0.05) is 30.0 Å². The maximum absolute atomic E-state index is 13.5. The van der Waals surface area contributed by atoms with Gasteiger partial charge in [0.2, 0.25) is 0 Å². The van der Waals surface area contributed by atoms with Gasteiger partial charge in [-0.15, -0.1) is 0 Å². The second kappa shape index (κ2) is 5.82. The molecular formula is C13H14FN3S. The van der Waals surface area contributed by atoms with E-state index in [9.17, 15) is 4.39 Å². The van der Waals surface area contributed by atoms with Gasteiger partial charge in [-0.3, -0.25) is 0 Å². The molecule has 1 heterocycles. The van der Waals surface area contributed by atoms with Crippen molar-refractivity contribution in [3.8, 4) is 0 Å². The maximum atomic E-state index is 13.5. The van der Waals surface area contributed by atoms with Crippen molar-refractivity contribution in [1.29, 1.82) is 0 Å². The zero-order valence-electron chi connectivity index (χ0n) is 10.3. The molecule has 0 radical (unpaired) electrons. The van der Waals surface area contributed by atoms with Crippen LogP contribution in [-0.2, 0) is 6.54 Å². The molecule has 0 aliphatic carbocycles. The predicted molar refractivity (Wildman–Crippen MR) is 72.3 cm³/mol. The smallest absolute Gasteiger partial charge is 0.189 e. The summed E-state index contributed by atoms with van der Waals surface area (Å²) in [6.07, 6.45) is 3.64. The predicted octanol–water partition coefficient (Wildman–Crippen LogP) is 2.97. The first-order valence-electron chi connectivity index (χ1n) is 5.52. The summed E-state index contributed by atoms with van der Waals surface area (Å²) >= 11 is 1.49. The molecule has 5 heteroatoms. The number of hydrogen-bond acceptors (Lipinski definition) is 4. The summed E-state index contributed by atoms with van der Waals surface area (Å²) in [4.78, 5) is 10.4. The number of hydrogen-bond donors (Lipinski definition) is 0. The zero-order valence-corrected chi connectivity index (χ0v) is 11.1. The lowest BCUT2D eigenvalue weighted by Gasteiger charge is -2.18. The Balaban J connectivity index is 2.16. The van der Waals surface area contributed by atoms with E-state index in [0.29, 0.717) is 17.3 Å². The third-order valence-electron chi connectivity index (χ3n) is 2.56. The lowest BCUT2D eigenvalue weighted by Crippen LogP contribution is -2.18. The van der Waals surface area contributed by atoms with Gasteiger partial charge in [0, 0.05) is 25.4 Å². The van der Waals surface area contributed by atoms with Crippen LogP contribution >= 0.6 is 11.8 Å². The van der Waals surface area contributed by atoms with Gasteiger partial charge in [-0.25, -0.2) is 14.4 Å². The number of thioether (sulfide) groups is 1. The SMILES string of the molecule is CSc1nccc(N(C)Cc2ccccc2F)n1. The monoisotopic (exact) mass is 263 g/mol. The van der Waals surface area contributed by atoms with E-state index in [1.54, 1.807) is 18.3 Å². The Hall–Kier alpha value is -1.62. The van der Waals surface area contributed by atoms with Crippen molar-refractivity contribution in [3.05, 3.63) is 47.9 Å². The van der Waals surface area contributed by atoms with Crippen molar-refractivity contribution < 1.29 is 4.39 Å². The van der Waals surface area contributed by atoms with Crippen LogP contribution in [0.5, 0.6) is 0 Å². The number of halogens is 1. The van der Waals surface area contributed by atoms with Crippen LogP contribution in [0.4, 0.5) is 10.2 Å². The molecule has 0 aliphatic heterocycles. The summed E-state index contributed by atoms with van der Waals surface area (Å²) < 4.78 is 13.5. The fourth-order valence-electron chi connectivity index (χ4n) is 1.61. The average Bonchev–Trinajstić information content (AvgIpc) is 2.41. The van der Waals surface area contributed by atoms with Gasteiger partial charge in [-0.2, -0.15) is 0 Å². The Bertz CT molecular complexity index is 533. The molecule has 18 heavy (non-hydrogen) atoms. The Morgan fingerprint density at radius 2 is 2.06 bits per heavy atom. The molecule has 0 atom stereocenters. The van der Waals surface area contributed by atoms with Gasteiger partial charge in [0.15, 0.2) is 5.16 Å². The van der Waals surface area contributed by atoms with Crippen molar-refractivity contribution in [2.24, 2.45) is 0 Å². The van der Waals surface area contributed by atoms with Gasteiger partial charge in [0.05, 0.1) is 0 Å². The maximum Gasteiger partial charge on any atom is 0.189 e. The van der Waals surface area contributed by atoms with E-state index in [4.69, 9.17) is 0 Å². The summed E-state index contributed by atoms with van der Waals surface area (Å²) in [5, 5.41) is 0.716. The van der Waals surface area contributed by atoms with E-state index in [1.807, 2.05) is 30.3 Å². The Labute approximate surface area is 110 Å². The van der Waals surface area contributed by atoms with Crippen LogP contribution in [0.3, 0.4) is 0 Å². The van der Waals surface area contributed by atoms with E-state index >= 15 is 0 Å². The highest BCUT2D eigenvalue weighted by Gasteiger charge is 2.07. The standard InChI is InChI=1S/C13H14FN3S/c1-17(9-10-5-3-4-6-11(10)14)12-7-8-15-13(16-12)18-2/h3-8H,9H2,1-2H3. The molecule has 3 nitrogen and oxygen atoms in total. The van der Waals surface area contributed by atoms with Crippen molar-refractivity contribution >= 4 is 17.6 Å². The topological polar surface area (TPSA) is 29.0 Å². The summed E-state index contributed by atoms with van der Waals surface area (Å²) in [6, 6.07) is 8.59. The molecule has 0 aliphatic rings. The van der Waals surface area contributed by atoms with Gasteiger partial charge < -0.3 is 4.90 Å². The minimum absolute atomic E-state index is 0.191. The number of benzene rings is 1. The molecule has 0 spiro atoms. The fraction of sp³-hybridized carbons (Fsp3) is 0.231. The average molecular weight is 263 g/mol. The van der Waals surface area contributed by atoms with E-state index in [0.717, 1.165) is 5.82 Å². The van der Waals surface area contributed by atoms with Crippen molar-refractivity contribution in [1.82, 2.24) is 9.97 Å². The van der Waals surface area contributed by atoms with Crippen LogP contribution in [-0.4, -0.2) is 23.3 Å². The second-order valence-electron chi connectivity index (χ2n) is 3.85. The largest absolute Gasteiger partial charge is 0.355 e. The van der Waals surface area contributed by atoms with E-state index in [2.05, 4.69) is 9.97 Å². The lowest BCUT2D eigenvalue weighted by atomic mass is 10.2. The Morgan fingerprint density at radius 1 is 1.28 bits per heavy atom. The van der Waals surface area contributed by atoms with Crippen molar-refractivity contribution in [2.75, 3.05) is 18.2 Å². The van der Waals surface area contributed by atoms with Crippen LogP contribution in [0.15, 0.2) is 41.7 Å². The third kappa shape index (κ3) is 2.98. The second-order valence-corrected chi connectivity index (χ2v) is 4.62. The summed E-state index contributed by atoms with van der Waals surface area (Å²) in [5.74, 6) is 0.598. The van der Waals surface area contributed by atoms with Gasteiger partial charge >= 0.3 is 0 Å². The molecule has 0 saturated heterocycles. The summed E-state index contributed by atoms with van der Waals surface area (Å²) in [7, 11) is 1.89. The highest BCUT2D eigenvalue weighted by Crippen LogP contribution is 2.17. The number of aromatic nitrogens is 2. The van der Waals surface area contributed by atoms with Gasteiger partial charge in [0.25, 0.3) is 0 Å². The zero-order chi connectivity index (χ0) is 13.0. The lowest BCUT2D eigenvalue weighted by molar-refractivity contribution is 0.607. The summed E-state index contributed by atoms with van der Waals surface area (Å²) in [5.41, 5.74) is 0.657. The highest BCUT2D eigenvalue weighted by atomic mass is 32.2. The molecule has 0 N–H and O–H groups in total. The first-order valence-corrected chi connectivity index (χ1v) is 6.75. The molecule has 0 unspecified atom stereocenters. The molecule has 2 rings (SSSR count). The van der Waals surface area contributed by atoms with E-state index in [-0.39, 0.29) is 5.82 Å². The van der Waals surface area contributed by atoms with Crippen LogP contribution in [0.2, 0.25) is 0 Å². The fourth-order valence-corrected chi connectivity index (χ4v) is 1.96. The minimum atomic E-state index is -0.191. The van der Waals surface area contributed by atoms with E-state index in [1.165, 1.54) is 17.8 Å². The third-order valence-corrected chi connectivity index (χ3v) is 3.12.